The minimum Gasteiger partial charge on any atom is -0.444 e. The molecule has 0 fully saturated rings. The van der Waals surface area contributed by atoms with Gasteiger partial charge in [-0.15, -0.1) is 0 Å². The first-order valence-electron chi connectivity index (χ1n) is 9.46. The number of aromatic nitrogens is 1. The van der Waals surface area contributed by atoms with Crippen LogP contribution in [0.1, 0.15) is 39.4 Å². The van der Waals surface area contributed by atoms with E-state index < -0.39 is 11.7 Å². The van der Waals surface area contributed by atoms with E-state index in [2.05, 4.69) is 10.5 Å². The Morgan fingerprint density at radius 3 is 2.61 bits per heavy atom. The molecule has 0 atom stereocenters. The quantitative estimate of drug-likeness (QED) is 0.747. The van der Waals surface area contributed by atoms with Gasteiger partial charge in [0.1, 0.15) is 17.1 Å². The molecule has 7 nitrogen and oxygen atoms in total. The topological polar surface area (TPSA) is 84.7 Å². The van der Waals surface area contributed by atoms with Crippen molar-refractivity contribution in [3.05, 3.63) is 42.2 Å². The highest BCUT2D eigenvalue weighted by atomic mass is 16.6. The number of amides is 2. The largest absolute Gasteiger partial charge is 0.444 e. The van der Waals surface area contributed by atoms with Crippen molar-refractivity contribution in [2.45, 2.75) is 45.6 Å². The molecule has 2 amide bonds. The van der Waals surface area contributed by atoms with Gasteiger partial charge in [0, 0.05) is 44.6 Å². The minimum absolute atomic E-state index is 0.0291. The lowest BCUT2D eigenvalue weighted by Gasteiger charge is -2.20. The fourth-order valence-electron chi connectivity index (χ4n) is 2.57. The third kappa shape index (κ3) is 7.42. The highest BCUT2D eigenvalue weighted by Crippen LogP contribution is 2.19. The van der Waals surface area contributed by atoms with Crippen molar-refractivity contribution in [1.82, 2.24) is 15.4 Å². The standard InChI is InChI=1S/C21H29N3O4/c1-21(2,3)27-20(26)22-13-12-19(25)24(4)14-8-11-17-15-18(23-28-17)16-9-6-5-7-10-16/h5-7,9-10,15H,8,11-14H2,1-4H3,(H,22,26). The van der Waals surface area contributed by atoms with Crippen LogP contribution in [0, 0.1) is 0 Å². The maximum absolute atomic E-state index is 12.1. The Balaban J connectivity index is 1.67. The Bertz CT molecular complexity index is 765. The number of carbonyl (C=O) groups is 2. The molecule has 28 heavy (non-hydrogen) atoms. The van der Waals surface area contributed by atoms with E-state index >= 15 is 0 Å². The molecule has 152 valence electrons. The van der Waals surface area contributed by atoms with Crippen molar-refractivity contribution in [3.63, 3.8) is 0 Å². The van der Waals surface area contributed by atoms with Crippen molar-refractivity contribution in [3.8, 4) is 11.3 Å². The summed E-state index contributed by atoms with van der Waals surface area (Å²) >= 11 is 0. The first-order valence-corrected chi connectivity index (χ1v) is 9.46. The highest BCUT2D eigenvalue weighted by molar-refractivity contribution is 5.77. The molecule has 0 saturated heterocycles. The van der Waals surface area contributed by atoms with Gasteiger partial charge >= 0.3 is 6.09 Å². The minimum atomic E-state index is -0.550. The van der Waals surface area contributed by atoms with E-state index in [1.54, 1.807) is 32.7 Å². The zero-order valence-corrected chi connectivity index (χ0v) is 17.0. The van der Waals surface area contributed by atoms with Gasteiger partial charge in [-0.1, -0.05) is 35.5 Å². The van der Waals surface area contributed by atoms with Crippen LogP contribution in [0.2, 0.25) is 0 Å². The Labute approximate surface area is 166 Å². The number of aryl methyl sites for hydroxylation is 1. The third-order valence-electron chi connectivity index (χ3n) is 3.98. The van der Waals surface area contributed by atoms with Crippen molar-refractivity contribution in [1.29, 1.82) is 0 Å². The summed E-state index contributed by atoms with van der Waals surface area (Å²) in [5.41, 5.74) is 1.28. The average Bonchev–Trinajstić information content (AvgIpc) is 3.09. The zero-order valence-electron chi connectivity index (χ0n) is 17.0. The van der Waals surface area contributed by atoms with Gasteiger partial charge in [0.05, 0.1) is 0 Å². The number of ether oxygens (including phenoxy) is 1. The maximum Gasteiger partial charge on any atom is 0.407 e. The summed E-state index contributed by atoms with van der Waals surface area (Å²) in [6, 6.07) is 11.8. The van der Waals surface area contributed by atoms with Crippen LogP contribution in [0.15, 0.2) is 40.9 Å². The van der Waals surface area contributed by atoms with E-state index in [1.807, 2.05) is 36.4 Å². The van der Waals surface area contributed by atoms with Crippen molar-refractivity contribution < 1.29 is 18.8 Å². The smallest absolute Gasteiger partial charge is 0.407 e. The van der Waals surface area contributed by atoms with Crippen LogP contribution in [-0.2, 0) is 16.0 Å². The second-order valence-corrected chi connectivity index (χ2v) is 7.64. The summed E-state index contributed by atoms with van der Waals surface area (Å²) in [6.45, 7) is 6.24. The lowest BCUT2D eigenvalue weighted by Crippen LogP contribution is -2.36. The normalized spacial score (nSPS) is 11.1. The van der Waals surface area contributed by atoms with Crippen molar-refractivity contribution >= 4 is 12.0 Å². The van der Waals surface area contributed by atoms with Gasteiger partial charge in [-0.2, -0.15) is 0 Å². The van der Waals surface area contributed by atoms with Crippen LogP contribution in [0.25, 0.3) is 11.3 Å². The molecule has 0 aliphatic rings. The molecule has 0 saturated carbocycles. The lowest BCUT2D eigenvalue weighted by atomic mass is 10.1. The summed E-state index contributed by atoms with van der Waals surface area (Å²) in [4.78, 5) is 25.4. The van der Waals surface area contributed by atoms with Gasteiger partial charge in [-0.3, -0.25) is 4.79 Å². The molecule has 2 rings (SSSR count). The second-order valence-electron chi connectivity index (χ2n) is 7.64. The van der Waals surface area contributed by atoms with E-state index in [0.717, 1.165) is 23.4 Å². The third-order valence-corrected chi connectivity index (χ3v) is 3.98. The lowest BCUT2D eigenvalue weighted by molar-refractivity contribution is -0.129. The van der Waals surface area contributed by atoms with Crippen LogP contribution >= 0.6 is 0 Å². The van der Waals surface area contributed by atoms with E-state index in [-0.39, 0.29) is 18.9 Å². The molecule has 1 aromatic heterocycles. The van der Waals surface area contributed by atoms with Gasteiger partial charge in [0.15, 0.2) is 0 Å². The van der Waals surface area contributed by atoms with Crippen LogP contribution in [0.5, 0.6) is 0 Å². The van der Waals surface area contributed by atoms with Gasteiger partial charge in [0.2, 0.25) is 5.91 Å². The number of hydrogen-bond acceptors (Lipinski definition) is 5. The molecule has 0 aliphatic heterocycles. The first-order chi connectivity index (χ1) is 13.2. The SMILES string of the molecule is CN(CCCc1cc(-c2ccccc2)no1)C(=O)CCNC(=O)OC(C)(C)C. The molecule has 0 bridgehead atoms. The maximum atomic E-state index is 12.1. The molecule has 0 radical (unpaired) electrons. The van der Waals surface area contributed by atoms with Crippen LogP contribution in [0.4, 0.5) is 4.79 Å². The fourth-order valence-corrected chi connectivity index (χ4v) is 2.57. The zero-order chi connectivity index (χ0) is 20.6. The molecular weight excluding hydrogens is 358 g/mol. The van der Waals surface area contributed by atoms with E-state index in [1.165, 1.54) is 0 Å². The van der Waals surface area contributed by atoms with E-state index in [0.29, 0.717) is 13.0 Å². The monoisotopic (exact) mass is 387 g/mol. The average molecular weight is 387 g/mol. The molecular formula is C21H29N3O4. The Hall–Kier alpha value is -2.83. The van der Waals surface area contributed by atoms with Gasteiger partial charge in [0.25, 0.3) is 0 Å². The summed E-state index contributed by atoms with van der Waals surface area (Å²) in [7, 11) is 1.76. The summed E-state index contributed by atoms with van der Waals surface area (Å²) in [5, 5.41) is 6.69. The number of rotatable bonds is 8. The second kappa shape index (κ2) is 9.92. The van der Waals surface area contributed by atoms with E-state index in [9.17, 15) is 9.59 Å². The molecule has 0 unspecified atom stereocenters. The number of alkyl carbamates (subject to hydrolysis) is 1. The summed E-state index contributed by atoms with van der Waals surface area (Å²) in [5.74, 6) is 0.768. The molecule has 2 aromatic rings. The van der Waals surface area contributed by atoms with E-state index in [4.69, 9.17) is 9.26 Å². The highest BCUT2D eigenvalue weighted by Gasteiger charge is 2.16. The van der Waals surface area contributed by atoms with Gasteiger partial charge < -0.3 is 19.5 Å². The van der Waals surface area contributed by atoms with Crippen LogP contribution in [-0.4, -0.2) is 47.8 Å². The van der Waals surface area contributed by atoms with Crippen LogP contribution in [0.3, 0.4) is 0 Å². The molecule has 1 N–H and O–H groups in total. The predicted molar refractivity (Wildman–Crippen MR) is 107 cm³/mol. The molecule has 1 heterocycles. The predicted octanol–water partition coefficient (Wildman–Crippen LogP) is 3.65. The Kier molecular flexibility index (Phi) is 7.61. The first kappa shape index (κ1) is 21.5. The molecule has 7 heteroatoms. The Morgan fingerprint density at radius 1 is 1.21 bits per heavy atom. The molecule has 1 aromatic carbocycles. The number of carbonyl (C=O) groups excluding carboxylic acids is 2. The van der Waals surface area contributed by atoms with Crippen molar-refractivity contribution in [2.75, 3.05) is 20.1 Å². The summed E-state index contributed by atoms with van der Waals surface area (Å²) < 4.78 is 10.5. The number of benzene rings is 1. The Morgan fingerprint density at radius 2 is 1.93 bits per heavy atom. The number of hydrogen-bond donors (Lipinski definition) is 1. The van der Waals surface area contributed by atoms with Crippen molar-refractivity contribution in [2.24, 2.45) is 0 Å². The molecule has 0 aliphatic carbocycles. The number of nitrogens with zero attached hydrogens (tertiary/aromatic N) is 2. The van der Waals surface area contributed by atoms with Gasteiger partial charge in [-0.25, -0.2) is 4.79 Å². The fraction of sp³-hybridized carbons (Fsp3) is 0.476. The summed E-state index contributed by atoms with van der Waals surface area (Å²) in [6.07, 6.45) is 1.19. The number of nitrogens with one attached hydrogen (secondary N) is 1. The molecule has 0 spiro atoms. The van der Waals surface area contributed by atoms with Crippen LogP contribution < -0.4 is 5.32 Å². The van der Waals surface area contributed by atoms with Gasteiger partial charge in [-0.05, 0) is 27.2 Å².